The zero-order chi connectivity index (χ0) is 13.2. The Morgan fingerprint density at radius 1 is 1.44 bits per heavy atom. The van der Waals surface area contributed by atoms with E-state index in [-0.39, 0.29) is 17.2 Å². The maximum Gasteiger partial charge on any atom is 0.160 e. The van der Waals surface area contributed by atoms with Crippen molar-refractivity contribution in [2.45, 2.75) is 39.2 Å². The average molecular weight is 246 g/mol. The van der Waals surface area contributed by atoms with E-state index in [2.05, 4.69) is 31.3 Å². The number of nitrogens with one attached hydrogen (secondary N) is 1. The van der Waals surface area contributed by atoms with Crippen molar-refractivity contribution in [3.8, 4) is 0 Å². The van der Waals surface area contributed by atoms with E-state index < -0.39 is 0 Å². The van der Waals surface area contributed by atoms with Gasteiger partial charge in [0.2, 0.25) is 0 Å². The number of rotatable bonds is 0. The summed E-state index contributed by atoms with van der Waals surface area (Å²) in [5.74, 6) is 0.251. The highest BCUT2D eigenvalue weighted by molar-refractivity contribution is 5.97. The monoisotopic (exact) mass is 246 g/mol. The number of carbonyl (C=O) groups is 1. The summed E-state index contributed by atoms with van der Waals surface area (Å²) in [6, 6.07) is -0.0690. The summed E-state index contributed by atoms with van der Waals surface area (Å²) < 4.78 is 0. The van der Waals surface area contributed by atoms with E-state index in [9.17, 15) is 4.79 Å². The first-order chi connectivity index (χ1) is 8.49. The van der Waals surface area contributed by atoms with E-state index in [1.807, 2.05) is 12.3 Å². The lowest BCUT2D eigenvalue weighted by Gasteiger charge is -2.26. The molecule has 3 nitrogen and oxygen atoms in total. The molecule has 0 amide bonds. The summed E-state index contributed by atoms with van der Waals surface area (Å²) in [4.78, 5) is 12.4. The van der Waals surface area contributed by atoms with Crippen molar-refractivity contribution in [2.24, 2.45) is 11.1 Å². The molecule has 0 saturated heterocycles. The van der Waals surface area contributed by atoms with Gasteiger partial charge in [-0.05, 0) is 36.1 Å². The minimum Gasteiger partial charge on any atom is -0.389 e. The van der Waals surface area contributed by atoms with E-state index in [1.165, 1.54) is 0 Å². The molecule has 0 aromatic heterocycles. The van der Waals surface area contributed by atoms with Gasteiger partial charge in [-0.2, -0.15) is 0 Å². The van der Waals surface area contributed by atoms with Gasteiger partial charge in [0, 0.05) is 24.6 Å². The number of hydrogen-bond acceptors (Lipinski definition) is 3. The maximum atomic E-state index is 12.4. The number of nitrogens with two attached hydrogens (primary N) is 1. The molecule has 2 rings (SSSR count). The van der Waals surface area contributed by atoms with Crippen LogP contribution in [0.25, 0.3) is 0 Å². The first kappa shape index (κ1) is 13.1. The Hall–Kier alpha value is -1.35. The van der Waals surface area contributed by atoms with Crippen LogP contribution in [0.15, 0.2) is 35.6 Å². The van der Waals surface area contributed by atoms with Crippen LogP contribution in [0.2, 0.25) is 0 Å². The molecule has 0 saturated carbocycles. The summed E-state index contributed by atoms with van der Waals surface area (Å²) in [5, 5.41) is 3.10. The molecule has 3 N–H and O–H groups in total. The smallest absolute Gasteiger partial charge is 0.160 e. The fraction of sp³-hybridized carbons (Fsp3) is 0.533. The third kappa shape index (κ3) is 2.91. The zero-order valence-electron chi connectivity index (χ0n) is 11.2. The highest BCUT2D eigenvalue weighted by atomic mass is 16.1. The van der Waals surface area contributed by atoms with Gasteiger partial charge in [0.25, 0.3) is 0 Å². The normalized spacial score (nSPS) is 33.5. The Bertz CT molecular complexity index is 430. The molecule has 1 atom stereocenters. The number of allylic oxidation sites excluding steroid dienone is 3. The molecular weight excluding hydrogens is 224 g/mol. The topological polar surface area (TPSA) is 55.1 Å². The van der Waals surface area contributed by atoms with Crippen molar-refractivity contribution in [1.29, 1.82) is 0 Å². The number of ketones is 1. The molecule has 3 heteroatoms. The third-order valence-electron chi connectivity index (χ3n) is 3.55. The second-order valence-corrected chi connectivity index (χ2v) is 5.81. The van der Waals surface area contributed by atoms with Crippen molar-refractivity contribution in [3.05, 3.63) is 35.6 Å². The number of hydrogen-bond donors (Lipinski definition) is 2. The predicted octanol–water partition coefficient (Wildman–Crippen LogP) is 2.06. The van der Waals surface area contributed by atoms with E-state index in [1.54, 1.807) is 0 Å². The van der Waals surface area contributed by atoms with Crippen LogP contribution in [0.1, 0.15) is 33.1 Å². The van der Waals surface area contributed by atoms with Crippen molar-refractivity contribution in [3.63, 3.8) is 0 Å². The van der Waals surface area contributed by atoms with Crippen LogP contribution in [-0.2, 0) is 4.79 Å². The predicted molar refractivity (Wildman–Crippen MR) is 73.9 cm³/mol. The first-order valence-electron chi connectivity index (χ1n) is 6.59. The fourth-order valence-electron chi connectivity index (χ4n) is 2.56. The van der Waals surface area contributed by atoms with Crippen molar-refractivity contribution < 1.29 is 4.79 Å². The molecular formula is C15H22N2O. The Morgan fingerprint density at radius 3 is 2.94 bits per heavy atom. The second kappa shape index (κ2) is 5.11. The largest absolute Gasteiger partial charge is 0.389 e. The molecule has 1 heterocycles. The maximum absolute atomic E-state index is 12.4. The van der Waals surface area contributed by atoms with Gasteiger partial charge in [-0.1, -0.05) is 26.0 Å². The molecule has 0 aromatic carbocycles. The molecule has 0 fully saturated rings. The Kier molecular flexibility index (Phi) is 3.71. The van der Waals surface area contributed by atoms with Crippen molar-refractivity contribution in [1.82, 2.24) is 5.32 Å². The van der Waals surface area contributed by atoms with Gasteiger partial charge in [-0.25, -0.2) is 0 Å². The lowest BCUT2D eigenvalue weighted by Crippen LogP contribution is -2.37. The molecule has 0 bridgehead atoms. The molecule has 98 valence electrons. The summed E-state index contributed by atoms with van der Waals surface area (Å²) in [6.45, 7) is 4.92. The molecule has 0 radical (unpaired) electrons. The molecule has 1 unspecified atom stereocenters. The molecule has 0 aromatic rings. The van der Waals surface area contributed by atoms with Crippen LogP contribution in [-0.4, -0.2) is 18.4 Å². The van der Waals surface area contributed by atoms with Crippen LogP contribution in [0.3, 0.4) is 0 Å². The zero-order valence-corrected chi connectivity index (χ0v) is 11.2. The minimum absolute atomic E-state index is 0.0515. The Morgan fingerprint density at radius 2 is 2.22 bits per heavy atom. The molecule has 2 aliphatic rings. The van der Waals surface area contributed by atoms with Crippen LogP contribution in [0.5, 0.6) is 0 Å². The van der Waals surface area contributed by atoms with Gasteiger partial charge in [-0.3, -0.25) is 4.79 Å². The van der Waals surface area contributed by atoms with Crippen LogP contribution in [0, 0.1) is 5.41 Å². The van der Waals surface area contributed by atoms with Gasteiger partial charge >= 0.3 is 0 Å². The molecule has 1 aliphatic heterocycles. The lowest BCUT2D eigenvalue weighted by molar-refractivity contribution is -0.117. The molecule has 1 aliphatic carbocycles. The van der Waals surface area contributed by atoms with Crippen LogP contribution < -0.4 is 11.1 Å². The Balaban J connectivity index is 2.35. The van der Waals surface area contributed by atoms with Crippen LogP contribution in [0.4, 0.5) is 0 Å². The SMILES string of the molecule is CC1(C)/C=C\CCC(=C2C=CNCC2N)C(=O)C1. The van der Waals surface area contributed by atoms with E-state index in [4.69, 9.17) is 5.73 Å². The van der Waals surface area contributed by atoms with Gasteiger partial charge in [0.15, 0.2) is 5.78 Å². The van der Waals surface area contributed by atoms with Gasteiger partial charge in [-0.15, -0.1) is 0 Å². The summed E-state index contributed by atoms with van der Waals surface area (Å²) >= 11 is 0. The van der Waals surface area contributed by atoms with E-state index >= 15 is 0 Å². The van der Waals surface area contributed by atoms with Crippen molar-refractivity contribution in [2.75, 3.05) is 6.54 Å². The summed E-state index contributed by atoms with van der Waals surface area (Å²) in [5.41, 5.74) is 7.98. The highest BCUT2D eigenvalue weighted by Gasteiger charge is 2.26. The van der Waals surface area contributed by atoms with Gasteiger partial charge in [0.05, 0.1) is 0 Å². The summed E-state index contributed by atoms with van der Waals surface area (Å²) in [7, 11) is 0. The number of carbonyl (C=O) groups excluding carboxylic acids is 1. The molecule has 18 heavy (non-hydrogen) atoms. The van der Waals surface area contributed by atoms with Crippen LogP contribution >= 0.6 is 0 Å². The van der Waals surface area contributed by atoms with Gasteiger partial charge < -0.3 is 11.1 Å². The third-order valence-corrected chi connectivity index (χ3v) is 3.55. The quantitative estimate of drug-likeness (QED) is 0.508. The number of Topliss-reactive ketones (excluding diaryl/α,β-unsaturated/α-hetero) is 1. The first-order valence-corrected chi connectivity index (χ1v) is 6.59. The standard InChI is InChI=1S/C15H22N2O/c1-15(2)7-4-3-5-12(14(18)9-15)11-6-8-17-10-13(11)16/h4,6-8,13,17H,3,5,9-10,16H2,1-2H3/b7-4-,12-11?. The summed E-state index contributed by atoms with van der Waals surface area (Å²) in [6.07, 6.45) is 10.5. The molecule has 0 spiro atoms. The van der Waals surface area contributed by atoms with E-state index in [0.29, 0.717) is 13.0 Å². The second-order valence-electron chi connectivity index (χ2n) is 5.81. The highest BCUT2D eigenvalue weighted by Crippen LogP contribution is 2.30. The minimum atomic E-state index is -0.0690. The Labute approximate surface area is 109 Å². The van der Waals surface area contributed by atoms with E-state index in [0.717, 1.165) is 24.0 Å². The fourth-order valence-corrected chi connectivity index (χ4v) is 2.56. The lowest BCUT2D eigenvalue weighted by atomic mass is 9.80. The van der Waals surface area contributed by atoms with Crippen molar-refractivity contribution >= 4 is 5.78 Å². The average Bonchev–Trinajstić information content (AvgIpc) is 2.28. The van der Waals surface area contributed by atoms with Gasteiger partial charge in [0.1, 0.15) is 0 Å².